The molecular weight excluding hydrogens is 391 g/mol. The first-order valence-electron chi connectivity index (χ1n) is 9.42. The maximum absolute atomic E-state index is 13.5. The molecule has 2 aromatic carbocycles. The minimum atomic E-state index is -1.05. The number of likely N-dealkylation sites (tertiary alicyclic amines) is 1. The Morgan fingerprint density at radius 1 is 1.07 bits per heavy atom. The summed E-state index contributed by atoms with van der Waals surface area (Å²) >= 11 is 0. The normalized spacial score (nSPS) is 13.3. The number of ether oxygens (including phenoxy) is 1. The molecule has 0 spiro atoms. The summed E-state index contributed by atoms with van der Waals surface area (Å²) in [7, 11) is 0. The van der Waals surface area contributed by atoms with E-state index >= 15 is 0 Å². The van der Waals surface area contributed by atoms with Crippen molar-refractivity contribution in [3.05, 3.63) is 59.9 Å². The molecule has 8 nitrogen and oxygen atoms in total. The van der Waals surface area contributed by atoms with Crippen molar-refractivity contribution in [1.82, 2.24) is 10.3 Å². The SMILES string of the molecule is O=C(N/N=C/c1cccc(OCC(=O)N2CCCC2)c1)C(=O)Nc1ccccc1F. The quantitative estimate of drug-likeness (QED) is 0.430. The van der Waals surface area contributed by atoms with Crippen LogP contribution in [0.25, 0.3) is 0 Å². The lowest BCUT2D eigenvalue weighted by atomic mass is 10.2. The highest BCUT2D eigenvalue weighted by atomic mass is 19.1. The number of nitrogens with zero attached hydrogens (tertiary/aromatic N) is 2. The molecule has 0 unspecified atom stereocenters. The zero-order valence-corrected chi connectivity index (χ0v) is 16.1. The molecule has 30 heavy (non-hydrogen) atoms. The first-order valence-corrected chi connectivity index (χ1v) is 9.42. The molecule has 3 rings (SSSR count). The van der Waals surface area contributed by atoms with Gasteiger partial charge in [-0.25, -0.2) is 9.82 Å². The zero-order valence-electron chi connectivity index (χ0n) is 16.1. The molecule has 0 saturated carbocycles. The lowest BCUT2D eigenvalue weighted by Crippen LogP contribution is -2.32. The smallest absolute Gasteiger partial charge is 0.329 e. The lowest BCUT2D eigenvalue weighted by molar-refractivity contribution is -0.136. The van der Waals surface area contributed by atoms with E-state index in [0.29, 0.717) is 11.3 Å². The van der Waals surface area contributed by atoms with Crippen LogP contribution >= 0.6 is 0 Å². The molecular formula is C21H21FN4O4. The van der Waals surface area contributed by atoms with Gasteiger partial charge in [0, 0.05) is 13.1 Å². The number of hydrazone groups is 1. The van der Waals surface area contributed by atoms with Gasteiger partial charge in [-0.3, -0.25) is 14.4 Å². The van der Waals surface area contributed by atoms with Crippen LogP contribution in [0.5, 0.6) is 5.75 Å². The van der Waals surface area contributed by atoms with Crippen molar-refractivity contribution in [2.24, 2.45) is 5.10 Å². The summed E-state index contributed by atoms with van der Waals surface area (Å²) in [5.74, 6) is -2.31. The summed E-state index contributed by atoms with van der Waals surface area (Å²) in [6.07, 6.45) is 3.35. The molecule has 1 aliphatic rings. The number of amides is 3. The van der Waals surface area contributed by atoms with Gasteiger partial charge in [-0.2, -0.15) is 5.10 Å². The van der Waals surface area contributed by atoms with E-state index in [1.807, 2.05) is 0 Å². The first-order chi connectivity index (χ1) is 14.5. The Kier molecular flexibility index (Phi) is 7.09. The Bertz CT molecular complexity index is 958. The van der Waals surface area contributed by atoms with Crippen molar-refractivity contribution < 1.29 is 23.5 Å². The van der Waals surface area contributed by atoms with E-state index < -0.39 is 17.6 Å². The van der Waals surface area contributed by atoms with Crippen molar-refractivity contribution in [3.63, 3.8) is 0 Å². The Morgan fingerprint density at radius 3 is 2.60 bits per heavy atom. The number of halogens is 1. The fourth-order valence-corrected chi connectivity index (χ4v) is 2.85. The molecule has 0 atom stereocenters. The van der Waals surface area contributed by atoms with E-state index in [0.717, 1.165) is 25.9 Å². The highest BCUT2D eigenvalue weighted by molar-refractivity contribution is 6.39. The monoisotopic (exact) mass is 412 g/mol. The molecule has 1 fully saturated rings. The van der Waals surface area contributed by atoms with Crippen LogP contribution < -0.4 is 15.5 Å². The third-order valence-corrected chi connectivity index (χ3v) is 4.39. The van der Waals surface area contributed by atoms with E-state index in [1.54, 1.807) is 29.2 Å². The highest BCUT2D eigenvalue weighted by Gasteiger charge is 2.18. The third kappa shape index (κ3) is 5.87. The second kappa shape index (κ2) is 10.1. The number of hydrogen-bond acceptors (Lipinski definition) is 5. The fraction of sp³-hybridized carbons (Fsp3) is 0.238. The van der Waals surface area contributed by atoms with Crippen molar-refractivity contribution in [2.45, 2.75) is 12.8 Å². The van der Waals surface area contributed by atoms with E-state index in [4.69, 9.17) is 4.74 Å². The Balaban J connectivity index is 1.49. The van der Waals surface area contributed by atoms with Gasteiger partial charge in [-0.15, -0.1) is 0 Å². The maximum Gasteiger partial charge on any atom is 0.329 e. The van der Waals surface area contributed by atoms with Crippen LogP contribution in [0.15, 0.2) is 53.6 Å². The van der Waals surface area contributed by atoms with Gasteiger partial charge in [0.2, 0.25) is 0 Å². The van der Waals surface area contributed by atoms with E-state index in [9.17, 15) is 18.8 Å². The molecule has 0 aromatic heterocycles. The molecule has 0 bridgehead atoms. The summed E-state index contributed by atoms with van der Waals surface area (Å²) < 4.78 is 19.0. The predicted octanol–water partition coefficient (Wildman–Crippen LogP) is 1.92. The largest absolute Gasteiger partial charge is 0.484 e. The minimum Gasteiger partial charge on any atom is -0.484 e. The average molecular weight is 412 g/mol. The molecule has 1 aliphatic heterocycles. The van der Waals surface area contributed by atoms with E-state index in [2.05, 4.69) is 15.8 Å². The number of carbonyl (C=O) groups is 3. The van der Waals surface area contributed by atoms with Gasteiger partial charge in [0.1, 0.15) is 11.6 Å². The second-order valence-electron chi connectivity index (χ2n) is 6.58. The fourth-order valence-electron chi connectivity index (χ4n) is 2.85. The van der Waals surface area contributed by atoms with Crippen molar-refractivity contribution in [3.8, 4) is 5.75 Å². The second-order valence-corrected chi connectivity index (χ2v) is 6.58. The number of hydrogen-bond donors (Lipinski definition) is 2. The maximum atomic E-state index is 13.5. The molecule has 1 saturated heterocycles. The Labute approximate surface area is 172 Å². The van der Waals surface area contributed by atoms with Crippen LogP contribution in [-0.4, -0.2) is 48.5 Å². The summed E-state index contributed by atoms with van der Waals surface area (Å²) in [5, 5.41) is 5.88. The summed E-state index contributed by atoms with van der Waals surface area (Å²) in [6, 6.07) is 12.3. The highest BCUT2D eigenvalue weighted by Crippen LogP contribution is 2.14. The minimum absolute atomic E-state index is 0.0481. The molecule has 0 aliphatic carbocycles. The Hall–Kier alpha value is -3.75. The Morgan fingerprint density at radius 2 is 1.83 bits per heavy atom. The van der Waals surface area contributed by atoms with Crippen molar-refractivity contribution in [2.75, 3.05) is 25.0 Å². The number of para-hydroxylation sites is 1. The van der Waals surface area contributed by atoms with Crippen LogP contribution in [0.4, 0.5) is 10.1 Å². The van der Waals surface area contributed by atoms with Gasteiger partial charge < -0.3 is 15.0 Å². The van der Waals surface area contributed by atoms with Gasteiger partial charge >= 0.3 is 11.8 Å². The van der Waals surface area contributed by atoms with Crippen LogP contribution in [-0.2, 0) is 14.4 Å². The van der Waals surface area contributed by atoms with E-state index in [-0.39, 0.29) is 18.2 Å². The van der Waals surface area contributed by atoms with Gasteiger partial charge in [-0.05, 0) is 42.7 Å². The number of benzene rings is 2. The van der Waals surface area contributed by atoms with Gasteiger partial charge in [-0.1, -0.05) is 24.3 Å². The molecule has 156 valence electrons. The molecule has 3 amide bonds. The number of rotatable bonds is 6. The molecule has 1 heterocycles. The van der Waals surface area contributed by atoms with E-state index in [1.165, 1.54) is 30.5 Å². The summed E-state index contributed by atoms with van der Waals surface area (Å²) in [4.78, 5) is 37.4. The zero-order chi connectivity index (χ0) is 21.3. The van der Waals surface area contributed by atoms with Crippen molar-refractivity contribution in [1.29, 1.82) is 0 Å². The number of carbonyl (C=O) groups excluding carboxylic acids is 3. The average Bonchev–Trinajstić information content (AvgIpc) is 3.29. The van der Waals surface area contributed by atoms with Crippen LogP contribution in [0, 0.1) is 5.82 Å². The van der Waals surface area contributed by atoms with Gasteiger partial charge in [0.25, 0.3) is 5.91 Å². The van der Waals surface area contributed by atoms with Crippen LogP contribution in [0.3, 0.4) is 0 Å². The molecule has 0 radical (unpaired) electrons. The van der Waals surface area contributed by atoms with Crippen molar-refractivity contribution >= 4 is 29.6 Å². The van der Waals surface area contributed by atoms with Gasteiger partial charge in [0.15, 0.2) is 6.61 Å². The molecule has 2 aromatic rings. The molecule has 9 heteroatoms. The van der Waals surface area contributed by atoms with Crippen LogP contribution in [0.1, 0.15) is 18.4 Å². The van der Waals surface area contributed by atoms with Gasteiger partial charge in [0.05, 0.1) is 11.9 Å². The lowest BCUT2D eigenvalue weighted by Gasteiger charge is -2.15. The summed E-state index contributed by atoms with van der Waals surface area (Å²) in [5.41, 5.74) is 2.56. The number of nitrogens with one attached hydrogen (secondary N) is 2. The summed E-state index contributed by atoms with van der Waals surface area (Å²) in [6.45, 7) is 1.48. The predicted molar refractivity (Wildman–Crippen MR) is 109 cm³/mol. The molecule has 2 N–H and O–H groups in total. The number of anilines is 1. The topological polar surface area (TPSA) is 100 Å². The first kappa shape index (κ1) is 21.0. The van der Waals surface area contributed by atoms with Crippen LogP contribution in [0.2, 0.25) is 0 Å². The third-order valence-electron chi connectivity index (χ3n) is 4.39. The standard InChI is InChI=1S/C21H21FN4O4/c22-17-8-1-2-9-18(17)24-20(28)21(29)25-23-13-15-6-5-7-16(12-15)30-14-19(27)26-10-3-4-11-26/h1-2,5-9,12-13H,3-4,10-11,14H2,(H,24,28)(H,25,29)/b23-13+.